The smallest absolute Gasteiger partial charge is 0.414 e. The van der Waals surface area contributed by atoms with E-state index in [4.69, 9.17) is 18.9 Å². The van der Waals surface area contributed by atoms with Crippen LogP contribution in [-0.2, 0) is 18.9 Å². The Morgan fingerprint density at radius 2 is 1.84 bits per heavy atom. The van der Waals surface area contributed by atoms with Crippen molar-refractivity contribution in [3.63, 3.8) is 0 Å². The van der Waals surface area contributed by atoms with Crippen LogP contribution >= 0.6 is 0 Å². The number of hydrogen-bond donors (Lipinski definition) is 0. The molecule has 0 N–H and O–H groups in total. The Kier molecular flexibility index (Phi) is 4.67. The average molecular weight is 347 g/mol. The van der Waals surface area contributed by atoms with E-state index in [0.29, 0.717) is 19.1 Å². The lowest BCUT2D eigenvalue weighted by molar-refractivity contribution is -0.178. The van der Waals surface area contributed by atoms with E-state index in [2.05, 4.69) is 12.1 Å². The SMILES string of the molecule is COCC1CN(c2ccc(C3CCC4(CC3)OCCO4)cc2)C(=O)O1. The summed E-state index contributed by atoms with van der Waals surface area (Å²) in [4.78, 5) is 13.7. The van der Waals surface area contributed by atoms with E-state index in [0.717, 1.165) is 44.6 Å². The molecule has 1 amide bonds. The van der Waals surface area contributed by atoms with Crippen molar-refractivity contribution in [2.45, 2.75) is 43.5 Å². The minimum Gasteiger partial charge on any atom is -0.441 e. The van der Waals surface area contributed by atoms with Gasteiger partial charge in [-0.05, 0) is 36.5 Å². The number of carbonyl (C=O) groups is 1. The summed E-state index contributed by atoms with van der Waals surface area (Å²) in [5, 5.41) is 0. The molecule has 0 radical (unpaired) electrons. The molecule has 2 saturated heterocycles. The van der Waals surface area contributed by atoms with Crippen molar-refractivity contribution >= 4 is 11.8 Å². The van der Waals surface area contributed by atoms with Gasteiger partial charge in [0.2, 0.25) is 0 Å². The lowest BCUT2D eigenvalue weighted by atomic mass is 9.81. The summed E-state index contributed by atoms with van der Waals surface area (Å²) >= 11 is 0. The minimum absolute atomic E-state index is 0.196. The van der Waals surface area contributed by atoms with E-state index >= 15 is 0 Å². The van der Waals surface area contributed by atoms with Gasteiger partial charge in [-0.25, -0.2) is 4.79 Å². The highest BCUT2D eigenvalue weighted by atomic mass is 16.7. The van der Waals surface area contributed by atoms with Crippen LogP contribution in [0.3, 0.4) is 0 Å². The van der Waals surface area contributed by atoms with Crippen LogP contribution in [0.1, 0.15) is 37.2 Å². The molecule has 2 aliphatic heterocycles. The van der Waals surface area contributed by atoms with Crippen LogP contribution < -0.4 is 4.90 Å². The lowest BCUT2D eigenvalue weighted by Gasteiger charge is -2.35. The average Bonchev–Trinajstić information content (AvgIpc) is 3.23. The van der Waals surface area contributed by atoms with Crippen LogP contribution in [0.15, 0.2) is 24.3 Å². The van der Waals surface area contributed by atoms with Gasteiger partial charge in [0.05, 0.1) is 26.4 Å². The van der Waals surface area contributed by atoms with E-state index in [9.17, 15) is 4.79 Å². The second-order valence-corrected chi connectivity index (χ2v) is 7.05. The zero-order chi connectivity index (χ0) is 17.3. The monoisotopic (exact) mass is 347 g/mol. The van der Waals surface area contributed by atoms with E-state index in [1.807, 2.05) is 12.1 Å². The van der Waals surface area contributed by atoms with Gasteiger partial charge >= 0.3 is 6.09 Å². The van der Waals surface area contributed by atoms with Crippen LogP contribution in [0, 0.1) is 0 Å². The molecule has 1 aromatic rings. The third-order valence-corrected chi connectivity index (χ3v) is 5.46. The molecular weight excluding hydrogens is 322 g/mol. The van der Waals surface area contributed by atoms with Crippen LogP contribution in [0.2, 0.25) is 0 Å². The molecule has 25 heavy (non-hydrogen) atoms. The summed E-state index contributed by atoms with van der Waals surface area (Å²) in [6.07, 6.45) is 3.55. The minimum atomic E-state index is -0.313. The molecule has 1 aliphatic carbocycles. The normalized spacial score (nSPS) is 26.4. The first-order valence-electron chi connectivity index (χ1n) is 9.04. The maximum absolute atomic E-state index is 12.0. The summed E-state index contributed by atoms with van der Waals surface area (Å²) in [5.74, 6) is 0.214. The molecule has 1 saturated carbocycles. The molecule has 6 heteroatoms. The summed E-state index contributed by atoms with van der Waals surface area (Å²) in [6.45, 7) is 2.39. The zero-order valence-electron chi connectivity index (χ0n) is 14.6. The Morgan fingerprint density at radius 3 is 2.48 bits per heavy atom. The van der Waals surface area contributed by atoms with E-state index in [1.54, 1.807) is 12.0 Å². The number of anilines is 1. The topological polar surface area (TPSA) is 57.2 Å². The Labute approximate surface area is 148 Å². The van der Waals surface area contributed by atoms with Crippen LogP contribution in [0.5, 0.6) is 0 Å². The number of amides is 1. The number of ether oxygens (including phenoxy) is 4. The molecule has 0 aromatic heterocycles. The van der Waals surface area contributed by atoms with Gasteiger partial charge in [-0.2, -0.15) is 0 Å². The van der Waals surface area contributed by atoms with Gasteiger partial charge in [-0.1, -0.05) is 12.1 Å². The van der Waals surface area contributed by atoms with Gasteiger partial charge in [-0.15, -0.1) is 0 Å². The number of carbonyl (C=O) groups excluding carboxylic acids is 1. The van der Waals surface area contributed by atoms with Crippen molar-refractivity contribution in [1.82, 2.24) is 0 Å². The van der Waals surface area contributed by atoms with Gasteiger partial charge in [0.15, 0.2) is 5.79 Å². The van der Waals surface area contributed by atoms with Crippen molar-refractivity contribution in [2.24, 2.45) is 0 Å². The fraction of sp³-hybridized carbons (Fsp3) is 0.632. The molecule has 2 heterocycles. The summed E-state index contributed by atoms with van der Waals surface area (Å²) in [7, 11) is 1.61. The third kappa shape index (κ3) is 3.38. The van der Waals surface area contributed by atoms with Gasteiger partial charge in [0.1, 0.15) is 6.10 Å². The van der Waals surface area contributed by atoms with Gasteiger partial charge in [0.25, 0.3) is 0 Å². The molecule has 1 aromatic carbocycles. The summed E-state index contributed by atoms with van der Waals surface area (Å²) in [6, 6.07) is 8.29. The lowest BCUT2D eigenvalue weighted by Crippen LogP contribution is -2.34. The van der Waals surface area contributed by atoms with Crippen molar-refractivity contribution in [3.8, 4) is 0 Å². The third-order valence-electron chi connectivity index (χ3n) is 5.46. The number of rotatable bonds is 4. The fourth-order valence-electron chi connectivity index (χ4n) is 4.11. The Hall–Kier alpha value is -1.63. The maximum atomic E-state index is 12.0. The Bertz CT molecular complexity index is 601. The van der Waals surface area contributed by atoms with Gasteiger partial charge in [0, 0.05) is 25.6 Å². The first kappa shape index (κ1) is 16.8. The van der Waals surface area contributed by atoms with Gasteiger partial charge < -0.3 is 18.9 Å². The fourth-order valence-corrected chi connectivity index (χ4v) is 4.11. The Morgan fingerprint density at radius 1 is 1.16 bits per heavy atom. The number of nitrogens with zero attached hydrogens (tertiary/aromatic N) is 1. The van der Waals surface area contributed by atoms with Crippen molar-refractivity contribution < 1.29 is 23.7 Å². The number of benzene rings is 1. The Balaban J connectivity index is 1.38. The summed E-state index contributed by atoms with van der Waals surface area (Å²) < 4.78 is 22.0. The van der Waals surface area contributed by atoms with E-state index in [1.165, 1.54) is 5.56 Å². The van der Waals surface area contributed by atoms with Gasteiger partial charge in [-0.3, -0.25) is 4.90 Å². The van der Waals surface area contributed by atoms with Crippen LogP contribution in [0.25, 0.3) is 0 Å². The predicted octanol–water partition coefficient (Wildman–Crippen LogP) is 3.06. The number of cyclic esters (lactones) is 1. The quantitative estimate of drug-likeness (QED) is 0.838. The summed E-state index contributed by atoms with van der Waals surface area (Å²) in [5.41, 5.74) is 2.19. The molecule has 3 fully saturated rings. The molecule has 1 spiro atoms. The van der Waals surface area contributed by atoms with Crippen LogP contribution in [-0.4, -0.2) is 51.5 Å². The molecular formula is C19H25NO5. The van der Waals surface area contributed by atoms with Crippen LogP contribution in [0.4, 0.5) is 10.5 Å². The first-order valence-corrected chi connectivity index (χ1v) is 9.04. The first-order chi connectivity index (χ1) is 12.2. The van der Waals surface area contributed by atoms with E-state index < -0.39 is 0 Å². The number of methoxy groups -OCH3 is 1. The molecule has 3 aliphatic rings. The zero-order valence-corrected chi connectivity index (χ0v) is 14.6. The largest absolute Gasteiger partial charge is 0.441 e. The standard InChI is InChI=1S/C19H25NO5/c1-22-13-17-12-20(18(21)25-17)16-4-2-14(3-5-16)15-6-8-19(9-7-15)23-10-11-24-19/h2-5,15,17H,6-13H2,1H3. The molecule has 136 valence electrons. The second-order valence-electron chi connectivity index (χ2n) is 7.05. The highest BCUT2D eigenvalue weighted by molar-refractivity contribution is 5.89. The van der Waals surface area contributed by atoms with Crippen molar-refractivity contribution in [3.05, 3.63) is 29.8 Å². The molecule has 0 bridgehead atoms. The maximum Gasteiger partial charge on any atom is 0.414 e. The molecule has 1 unspecified atom stereocenters. The van der Waals surface area contributed by atoms with Crippen molar-refractivity contribution in [1.29, 1.82) is 0 Å². The van der Waals surface area contributed by atoms with Crippen molar-refractivity contribution in [2.75, 3.05) is 38.4 Å². The molecule has 1 atom stereocenters. The predicted molar refractivity (Wildman–Crippen MR) is 91.8 cm³/mol. The number of hydrogen-bond acceptors (Lipinski definition) is 5. The second kappa shape index (κ2) is 6.94. The molecule has 4 rings (SSSR count). The van der Waals surface area contributed by atoms with E-state index in [-0.39, 0.29) is 18.0 Å². The highest BCUT2D eigenvalue weighted by Gasteiger charge is 2.40. The highest BCUT2D eigenvalue weighted by Crippen LogP contribution is 2.42. The molecule has 6 nitrogen and oxygen atoms in total.